The van der Waals surface area contributed by atoms with E-state index in [2.05, 4.69) is 51.0 Å². The second-order valence-electron chi connectivity index (χ2n) is 7.97. The molecule has 1 aromatic heterocycles. The van der Waals surface area contributed by atoms with Gasteiger partial charge in [-0.2, -0.15) is 0 Å². The molecular formula is C22H31N5O. The highest BCUT2D eigenvalue weighted by Crippen LogP contribution is 2.24. The van der Waals surface area contributed by atoms with Crippen molar-refractivity contribution in [1.82, 2.24) is 14.8 Å². The Morgan fingerprint density at radius 2 is 1.71 bits per heavy atom. The summed E-state index contributed by atoms with van der Waals surface area (Å²) in [5.74, 6) is 1.58. The monoisotopic (exact) mass is 381 g/mol. The molecule has 0 unspecified atom stereocenters. The molecule has 2 N–H and O–H groups in total. The lowest BCUT2D eigenvalue weighted by Crippen LogP contribution is -2.44. The smallest absolute Gasteiger partial charge is 0.123 e. The minimum absolute atomic E-state index is 0.299. The first-order chi connectivity index (χ1) is 13.7. The van der Waals surface area contributed by atoms with Crippen LogP contribution in [0.4, 0.5) is 11.5 Å². The zero-order chi connectivity index (χ0) is 19.3. The van der Waals surface area contributed by atoms with Crippen molar-refractivity contribution in [2.75, 3.05) is 56.9 Å². The van der Waals surface area contributed by atoms with Crippen molar-refractivity contribution in [1.29, 1.82) is 0 Å². The zero-order valence-corrected chi connectivity index (χ0v) is 16.8. The second kappa shape index (κ2) is 8.80. The maximum atomic E-state index is 6.25. The van der Waals surface area contributed by atoms with Crippen LogP contribution in [0.2, 0.25) is 0 Å². The SMILES string of the molecule is CN1CCN(c2ccc(OC3CCN(Cc4ccnc(N)c4)CC3)cc2)CC1. The molecule has 2 fully saturated rings. The molecular weight excluding hydrogens is 350 g/mol. The van der Waals surface area contributed by atoms with Gasteiger partial charge in [0, 0.05) is 57.7 Å². The van der Waals surface area contributed by atoms with Crippen LogP contribution >= 0.6 is 0 Å². The van der Waals surface area contributed by atoms with Gasteiger partial charge in [0.25, 0.3) is 0 Å². The fourth-order valence-corrected chi connectivity index (χ4v) is 4.03. The first-order valence-electron chi connectivity index (χ1n) is 10.3. The lowest BCUT2D eigenvalue weighted by Gasteiger charge is -2.34. The van der Waals surface area contributed by atoms with E-state index >= 15 is 0 Å². The molecule has 6 nitrogen and oxygen atoms in total. The Morgan fingerprint density at radius 3 is 2.39 bits per heavy atom. The average molecular weight is 382 g/mol. The predicted octanol–water partition coefficient (Wildman–Crippen LogP) is 2.46. The molecule has 0 atom stereocenters. The number of piperidine rings is 1. The highest BCUT2D eigenvalue weighted by Gasteiger charge is 2.21. The zero-order valence-electron chi connectivity index (χ0n) is 16.8. The van der Waals surface area contributed by atoms with E-state index in [9.17, 15) is 0 Å². The van der Waals surface area contributed by atoms with E-state index in [4.69, 9.17) is 10.5 Å². The lowest BCUT2D eigenvalue weighted by atomic mass is 10.1. The number of nitrogen functional groups attached to an aromatic ring is 1. The van der Waals surface area contributed by atoms with Crippen molar-refractivity contribution in [3.63, 3.8) is 0 Å². The Balaban J connectivity index is 1.24. The number of anilines is 2. The van der Waals surface area contributed by atoms with Crippen molar-refractivity contribution in [2.24, 2.45) is 0 Å². The van der Waals surface area contributed by atoms with Gasteiger partial charge in [-0.1, -0.05) is 0 Å². The Bertz CT molecular complexity index is 750. The van der Waals surface area contributed by atoms with E-state index in [1.54, 1.807) is 6.20 Å². The Hall–Kier alpha value is -2.31. The number of piperazine rings is 1. The van der Waals surface area contributed by atoms with Gasteiger partial charge in [-0.15, -0.1) is 0 Å². The van der Waals surface area contributed by atoms with Crippen LogP contribution in [0.3, 0.4) is 0 Å². The quantitative estimate of drug-likeness (QED) is 0.859. The second-order valence-corrected chi connectivity index (χ2v) is 7.97. The maximum Gasteiger partial charge on any atom is 0.123 e. The summed E-state index contributed by atoms with van der Waals surface area (Å²) in [5.41, 5.74) is 8.31. The van der Waals surface area contributed by atoms with Crippen LogP contribution in [0.1, 0.15) is 18.4 Å². The van der Waals surface area contributed by atoms with Gasteiger partial charge in [-0.25, -0.2) is 4.98 Å². The summed E-state index contributed by atoms with van der Waals surface area (Å²) in [6, 6.07) is 12.7. The van der Waals surface area contributed by atoms with Crippen molar-refractivity contribution in [3.05, 3.63) is 48.2 Å². The Kier molecular flexibility index (Phi) is 5.98. The molecule has 6 heteroatoms. The third-order valence-corrected chi connectivity index (χ3v) is 5.79. The topological polar surface area (TPSA) is 57.9 Å². The molecule has 28 heavy (non-hydrogen) atoms. The fraction of sp³-hybridized carbons (Fsp3) is 0.500. The van der Waals surface area contributed by atoms with Crippen LogP contribution in [-0.2, 0) is 6.54 Å². The van der Waals surface area contributed by atoms with Gasteiger partial charge in [0.15, 0.2) is 0 Å². The molecule has 0 amide bonds. The van der Waals surface area contributed by atoms with Gasteiger partial charge in [0.05, 0.1) is 0 Å². The summed E-state index contributed by atoms with van der Waals surface area (Å²) >= 11 is 0. The van der Waals surface area contributed by atoms with Gasteiger partial charge in [0.2, 0.25) is 0 Å². The summed E-state index contributed by atoms with van der Waals surface area (Å²) in [7, 11) is 2.19. The molecule has 4 rings (SSSR count). The highest BCUT2D eigenvalue weighted by molar-refractivity contribution is 5.49. The summed E-state index contributed by atoms with van der Waals surface area (Å²) < 4.78 is 6.25. The number of nitrogens with zero attached hydrogens (tertiary/aromatic N) is 4. The van der Waals surface area contributed by atoms with Crippen LogP contribution in [0.5, 0.6) is 5.75 Å². The number of ether oxygens (including phenoxy) is 1. The van der Waals surface area contributed by atoms with Crippen LogP contribution in [0, 0.1) is 0 Å². The van der Waals surface area contributed by atoms with Gasteiger partial charge in [-0.3, -0.25) is 4.90 Å². The predicted molar refractivity (Wildman–Crippen MR) is 114 cm³/mol. The van der Waals surface area contributed by atoms with Gasteiger partial charge in [0.1, 0.15) is 17.7 Å². The van der Waals surface area contributed by atoms with Crippen molar-refractivity contribution in [3.8, 4) is 5.75 Å². The third kappa shape index (κ3) is 4.94. The van der Waals surface area contributed by atoms with E-state index in [0.717, 1.165) is 64.4 Å². The number of pyridine rings is 1. The summed E-state index contributed by atoms with van der Waals surface area (Å²) in [6.07, 6.45) is 4.20. The number of nitrogens with two attached hydrogens (primary N) is 1. The van der Waals surface area contributed by atoms with Crippen molar-refractivity contribution >= 4 is 11.5 Å². The third-order valence-electron chi connectivity index (χ3n) is 5.79. The summed E-state index contributed by atoms with van der Waals surface area (Å²) in [4.78, 5) is 11.4. The van der Waals surface area contributed by atoms with E-state index in [0.29, 0.717) is 11.9 Å². The number of benzene rings is 1. The fourth-order valence-electron chi connectivity index (χ4n) is 4.03. The molecule has 0 aliphatic carbocycles. The number of rotatable bonds is 5. The molecule has 0 radical (unpaired) electrons. The number of aromatic nitrogens is 1. The first kappa shape index (κ1) is 19.0. The molecule has 3 heterocycles. The van der Waals surface area contributed by atoms with E-state index in [-0.39, 0.29) is 0 Å². The summed E-state index contributed by atoms with van der Waals surface area (Å²) in [6.45, 7) is 7.47. The number of hydrogen-bond donors (Lipinski definition) is 1. The maximum absolute atomic E-state index is 6.25. The molecule has 2 saturated heterocycles. The van der Waals surface area contributed by atoms with E-state index in [1.807, 2.05) is 12.1 Å². The Morgan fingerprint density at radius 1 is 1.00 bits per heavy atom. The Labute approximate surface area is 167 Å². The minimum atomic E-state index is 0.299. The average Bonchev–Trinajstić information content (AvgIpc) is 2.71. The molecule has 0 bridgehead atoms. The van der Waals surface area contributed by atoms with Crippen LogP contribution in [-0.4, -0.2) is 67.2 Å². The number of likely N-dealkylation sites (N-methyl/N-ethyl adjacent to an activating group) is 1. The van der Waals surface area contributed by atoms with Gasteiger partial charge in [-0.05, 0) is 61.9 Å². The van der Waals surface area contributed by atoms with Crippen LogP contribution in [0.25, 0.3) is 0 Å². The van der Waals surface area contributed by atoms with E-state index in [1.165, 1.54) is 11.3 Å². The first-order valence-corrected chi connectivity index (χ1v) is 10.3. The summed E-state index contributed by atoms with van der Waals surface area (Å²) in [5, 5.41) is 0. The molecule has 2 aliphatic rings. The lowest BCUT2D eigenvalue weighted by molar-refractivity contribution is 0.0968. The minimum Gasteiger partial charge on any atom is -0.490 e. The number of likely N-dealkylation sites (tertiary alicyclic amines) is 1. The highest BCUT2D eigenvalue weighted by atomic mass is 16.5. The van der Waals surface area contributed by atoms with Crippen molar-refractivity contribution in [2.45, 2.75) is 25.5 Å². The standard InChI is InChI=1S/C22H31N5O/c1-25-12-14-27(15-13-25)19-2-4-20(5-3-19)28-21-7-10-26(11-8-21)17-18-6-9-24-22(23)16-18/h2-6,9,16,21H,7-8,10-15,17H2,1H3,(H2,23,24). The largest absolute Gasteiger partial charge is 0.490 e. The van der Waals surface area contributed by atoms with Gasteiger partial charge < -0.3 is 20.3 Å². The van der Waals surface area contributed by atoms with Gasteiger partial charge >= 0.3 is 0 Å². The molecule has 2 aromatic rings. The molecule has 2 aliphatic heterocycles. The molecule has 150 valence electrons. The van der Waals surface area contributed by atoms with Crippen molar-refractivity contribution < 1.29 is 4.74 Å². The van der Waals surface area contributed by atoms with Crippen LogP contribution in [0.15, 0.2) is 42.6 Å². The van der Waals surface area contributed by atoms with E-state index < -0.39 is 0 Å². The number of hydrogen-bond acceptors (Lipinski definition) is 6. The molecule has 1 aromatic carbocycles. The molecule has 0 spiro atoms. The molecule has 0 saturated carbocycles. The van der Waals surface area contributed by atoms with Crippen LogP contribution < -0.4 is 15.4 Å². The normalized spacial score (nSPS) is 19.7.